The van der Waals surface area contributed by atoms with Crippen molar-refractivity contribution in [2.24, 2.45) is 0 Å². The summed E-state index contributed by atoms with van der Waals surface area (Å²) in [6.45, 7) is 0. The van der Waals surface area contributed by atoms with Gasteiger partial charge in [0.05, 0.1) is 16.7 Å². The molecule has 1 N–H and O–H groups in total. The molecule has 0 atom stereocenters. The van der Waals surface area contributed by atoms with Crippen LogP contribution in [0.25, 0.3) is 0 Å². The first-order valence-electron chi connectivity index (χ1n) is 5.65. The number of carbonyl (C=O) groups excluding carboxylic acids is 1. The molecule has 7 heteroatoms. The number of aromatic nitrogens is 1. The average molecular weight is 273 g/mol. The normalized spacial score (nSPS) is 10.1. The fourth-order valence-corrected chi connectivity index (χ4v) is 1.65. The first kappa shape index (κ1) is 13.5. The van der Waals surface area contributed by atoms with E-state index in [4.69, 9.17) is 0 Å². The number of carbonyl (C=O) groups is 1. The molecule has 0 saturated carbocycles. The summed E-state index contributed by atoms with van der Waals surface area (Å²) in [7, 11) is 1.54. The van der Waals surface area contributed by atoms with Crippen molar-refractivity contribution in [2.45, 2.75) is 0 Å². The van der Waals surface area contributed by atoms with Gasteiger partial charge in [-0.25, -0.2) is 0 Å². The van der Waals surface area contributed by atoms with Gasteiger partial charge >= 0.3 is 0 Å². The van der Waals surface area contributed by atoms with Crippen molar-refractivity contribution in [3.05, 3.63) is 58.4 Å². The maximum absolute atomic E-state index is 12.2. The molecule has 2 aromatic rings. The first-order valence-corrected chi connectivity index (χ1v) is 5.65. The molecule has 0 radical (unpaired) electrons. The van der Waals surface area contributed by atoms with Crippen LogP contribution in [0.15, 0.2) is 42.7 Å². The standard InChI is InChI=1S/C13H11N3O4/c1-15(10-2-4-11(5-3-10)16(19)20)13(18)9-6-12(17)8-14-7-9/h2-8,17H,1H3. The number of benzene rings is 1. The maximum Gasteiger partial charge on any atom is 0.269 e. The molecule has 7 nitrogen and oxygen atoms in total. The summed E-state index contributed by atoms with van der Waals surface area (Å²) in [5, 5.41) is 19.9. The molecule has 0 unspecified atom stereocenters. The largest absolute Gasteiger partial charge is 0.506 e. The minimum absolute atomic E-state index is 0.0476. The number of hydrogen-bond acceptors (Lipinski definition) is 5. The van der Waals surface area contributed by atoms with Gasteiger partial charge in [0.2, 0.25) is 0 Å². The third-order valence-corrected chi connectivity index (χ3v) is 2.72. The van der Waals surface area contributed by atoms with E-state index >= 15 is 0 Å². The molecule has 102 valence electrons. The number of pyridine rings is 1. The number of nitrogens with zero attached hydrogens (tertiary/aromatic N) is 3. The van der Waals surface area contributed by atoms with Crippen LogP contribution in [0, 0.1) is 10.1 Å². The molecule has 1 amide bonds. The molecule has 1 heterocycles. The van der Waals surface area contributed by atoms with Crippen LogP contribution < -0.4 is 4.90 Å². The topological polar surface area (TPSA) is 96.6 Å². The van der Waals surface area contributed by atoms with Gasteiger partial charge in [0.15, 0.2) is 0 Å². The molecule has 1 aromatic carbocycles. The van der Waals surface area contributed by atoms with Gasteiger partial charge in [0.1, 0.15) is 5.75 Å². The highest BCUT2D eigenvalue weighted by atomic mass is 16.6. The summed E-state index contributed by atoms with van der Waals surface area (Å²) in [6.07, 6.45) is 2.56. The fourth-order valence-electron chi connectivity index (χ4n) is 1.65. The summed E-state index contributed by atoms with van der Waals surface area (Å²) in [5.41, 5.74) is 0.684. The van der Waals surface area contributed by atoms with Crippen LogP contribution in [0.5, 0.6) is 5.75 Å². The fraction of sp³-hybridized carbons (Fsp3) is 0.0769. The van der Waals surface area contributed by atoms with E-state index in [-0.39, 0.29) is 22.9 Å². The molecule has 0 spiro atoms. The van der Waals surface area contributed by atoms with Gasteiger partial charge < -0.3 is 10.0 Å². The van der Waals surface area contributed by atoms with E-state index in [0.717, 1.165) is 0 Å². The molecule has 0 aliphatic rings. The van der Waals surface area contributed by atoms with Crippen molar-refractivity contribution in [1.82, 2.24) is 4.98 Å². The highest BCUT2D eigenvalue weighted by Crippen LogP contribution is 2.20. The number of anilines is 1. The molecule has 1 aromatic heterocycles. The highest BCUT2D eigenvalue weighted by molar-refractivity contribution is 6.05. The van der Waals surface area contributed by atoms with Crippen molar-refractivity contribution < 1.29 is 14.8 Å². The van der Waals surface area contributed by atoms with Gasteiger partial charge in [-0.3, -0.25) is 19.9 Å². The molecular weight excluding hydrogens is 262 g/mol. The van der Waals surface area contributed by atoms with Crippen LogP contribution >= 0.6 is 0 Å². The van der Waals surface area contributed by atoms with Crippen LogP contribution in [0.3, 0.4) is 0 Å². The predicted molar refractivity (Wildman–Crippen MR) is 71.7 cm³/mol. The van der Waals surface area contributed by atoms with Gasteiger partial charge in [0, 0.05) is 31.1 Å². The SMILES string of the molecule is CN(C(=O)c1cncc(O)c1)c1ccc([N+](=O)[O-])cc1. The third kappa shape index (κ3) is 2.72. The Morgan fingerprint density at radius 3 is 2.50 bits per heavy atom. The summed E-state index contributed by atoms with van der Waals surface area (Å²) < 4.78 is 0. The lowest BCUT2D eigenvalue weighted by Crippen LogP contribution is -2.26. The molecule has 2 rings (SSSR count). The van der Waals surface area contributed by atoms with E-state index in [1.807, 2.05) is 0 Å². The maximum atomic E-state index is 12.2. The van der Waals surface area contributed by atoms with Crippen LogP contribution in [-0.2, 0) is 0 Å². The number of rotatable bonds is 3. The zero-order chi connectivity index (χ0) is 14.7. The number of nitro benzene ring substituents is 1. The average Bonchev–Trinajstić information content (AvgIpc) is 2.46. The van der Waals surface area contributed by atoms with Gasteiger partial charge in [0.25, 0.3) is 11.6 Å². The van der Waals surface area contributed by atoms with E-state index in [1.165, 1.54) is 54.7 Å². The zero-order valence-corrected chi connectivity index (χ0v) is 10.6. The number of non-ortho nitro benzene ring substituents is 1. The van der Waals surface area contributed by atoms with Gasteiger partial charge in [-0.2, -0.15) is 0 Å². The van der Waals surface area contributed by atoms with Gasteiger partial charge in [-0.15, -0.1) is 0 Å². The second kappa shape index (κ2) is 5.35. The van der Waals surface area contributed by atoms with Crippen LogP contribution in [0.4, 0.5) is 11.4 Å². The van der Waals surface area contributed by atoms with Crippen LogP contribution in [0.2, 0.25) is 0 Å². The van der Waals surface area contributed by atoms with Crippen LogP contribution in [0.1, 0.15) is 10.4 Å². The minimum Gasteiger partial charge on any atom is -0.506 e. The minimum atomic E-state index is -0.509. The summed E-state index contributed by atoms with van der Waals surface area (Å²) in [4.78, 5) is 27.3. The monoisotopic (exact) mass is 273 g/mol. The van der Waals surface area contributed by atoms with E-state index in [1.54, 1.807) is 0 Å². The Hall–Kier alpha value is -2.96. The van der Waals surface area contributed by atoms with E-state index in [9.17, 15) is 20.0 Å². The lowest BCUT2D eigenvalue weighted by atomic mass is 10.2. The Bertz CT molecular complexity index is 655. The second-order valence-electron chi connectivity index (χ2n) is 4.07. The first-order chi connectivity index (χ1) is 9.49. The molecule has 0 aliphatic heterocycles. The predicted octanol–water partition coefficient (Wildman–Crippen LogP) is 1.97. The quantitative estimate of drug-likeness (QED) is 0.681. The third-order valence-electron chi connectivity index (χ3n) is 2.72. The molecule has 20 heavy (non-hydrogen) atoms. The van der Waals surface area contributed by atoms with E-state index in [0.29, 0.717) is 5.69 Å². The number of aromatic hydroxyl groups is 1. The van der Waals surface area contributed by atoms with Crippen molar-refractivity contribution in [2.75, 3.05) is 11.9 Å². The highest BCUT2D eigenvalue weighted by Gasteiger charge is 2.15. The molecular formula is C13H11N3O4. The molecule has 0 saturated heterocycles. The van der Waals surface area contributed by atoms with Crippen molar-refractivity contribution in [3.8, 4) is 5.75 Å². The summed E-state index contributed by atoms with van der Waals surface area (Å²) in [6, 6.07) is 6.90. The van der Waals surface area contributed by atoms with Crippen molar-refractivity contribution >= 4 is 17.3 Å². The molecule has 0 bridgehead atoms. The van der Waals surface area contributed by atoms with Crippen LogP contribution in [-0.4, -0.2) is 28.0 Å². The van der Waals surface area contributed by atoms with Gasteiger partial charge in [-0.05, 0) is 18.2 Å². The Kier molecular flexibility index (Phi) is 3.60. The van der Waals surface area contributed by atoms with Crippen molar-refractivity contribution in [1.29, 1.82) is 0 Å². The number of amides is 1. The zero-order valence-electron chi connectivity index (χ0n) is 10.6. The van der Waals surface area contributed by atoms with E-state index in [2.05, 4.69) is 4.98 Å². The van der Waals surface area contributed by atoms with Crippen molar-refractivity contribution in [3.63, 3.8) is 0 Å². The van der Waals surface area contributed by atoms with Gasteiger partial charge in [-0.1, -0.05) is 0 Å². The second-order valence-corrected chi connectivity index (χ2v) is 4.07. The number of hydrogen-bond donors (Lipinski definition) is 1. The van der Waals surface area contributed by atoms with E-state index < -0.39 is 4.92 Å². The molecule has 0 aliphatic carbocycles. The Morgan fingerprint density at radius 2 is 1.95 bits per heavy atom. The lowest BCUT2D eigenvalue weighted by molar-refractivity contribution is -0.384. The Morgan fingerprint density at radius 1 is 1.30 bits per heavy atom. The summed E-state index contributed by atoms with van der Waals surface area (Å²) in [5.74, 6) is -0.477. The lowest BCUT2D eigenvalue weighted by Gasteiger charge is -2.17. The Labute approximate surface area is 114 Å². The molecule has 0 fully saturated rings. The number of nitro groups is 1. The smallest absolute Gasteiger partial charge is 0.269 e. The Balaban J connectivity index is 2.24. The summed E-state index contributed by atoms with van der Waals surface area (Å²) >= 11 is 0.